The van der Waals surface area contributed by atoms with E-state index in [0.29, 0.717) is 27.8 Å². The highest BCUT2D eigenvalue weighted by molar-refractivity contribution is 6.31. The number of hydrogen-bond donors (Lipinski definition) is 1. The highest BCUT2D eigenvalue weighted by atomic mass is 35.5. The molecule has 0 fully saturated rings. The van der Waals surface area contributed by atoms with E-state index < -0.39 is 23.7 Å². The van der Waals surface area contributed by atoms with E-state index in [9.17, 15) is 14.7 Å². The topological polar surface area (TPSA) is 76.1 Å². The number of fused-ring (bicyclic) bond motifs is 1. The molecule has 170 valence electrons. The summed E-state index contributed by atoms with van der Waals surface area (Å²) in [6, 6.07) is 17.5. The van der Waals surface area contributed by atoms with Crippen molar-refractivity contribution in [1.29, 1.82) is 0 Å². The van der Waals surface area contributed by atoms with Crippen LogP contribution in [-0.4, -0.2) is 31.0 Å². The van der Waals surface area contributed by atoms with E-state index in [0.717, 1.165) is 11.1 Å². The third kappa shape index (κ3) is 4.19. The molecule has 1 atom stereocenters. The van der Waals surface area contributed by atoms with Gasteiger partial charge in [0.1, 0.15) is 11.5 Å². The second kappa shape index (κ2) is 8.89. The summed E-state index contributed by atoms with van der Waals surface area (Å²) in [5.41, 5.74) is 1.05. The Morgan fingerprint density at radius 2 is 1.76 bits per heavy atom. The van der Waals surface area contributed by atoms with Gasteiger partial charge in [0, 0.05) is 16.7 Å². The number of anilines is 1. The van der Waals surface area contributed by atoms with Gasteiger partial charge in [0.15, 0.2) is 11.4 Å². The summed E-state index contributed by atoms with van der Waals surface area (Å²) in [5, 5.41) is 12.0. The molecule has 0 aliphatic carbocycles. The third-order valence-electron chi connectivity index (χ3n) is 5.88. The third-order valence-corrected chi connectivity index (χ3v) is 6.12. The van der Waals surface area contributed by atoms with Gasteiger partial charge in [-0.3, -0.25) is 9.59 Å². The number of nitrogens with zero attached hydrogens (tertiary/aromatic N) is 1. The molecule has 0 unspecified atom stereocenters. The number of Topliss-reactive ketones (excluding diaryl/α,β-unsaturated/α-hetero) is 1. The number of methoxy groups -OCH3 is 2. The molecule has 0 spiro atoms. The number of carbonyl (C=O) groups excluding carboxylic acids is 2. The van der Waals surface area contributed by atoms with Gasteiger partial charge in [0.2, 0.25) is 0 Å². The van der Waals surface area contributed by atoms with Gasteiger partial charge >= 0.3 is 0 Å². The first-order valence-electron chi connectivity index (χ1n) is 10.4. The SMILES string of the molecule is COc1ccc(C(=O)C[C@]2(O)C(=O)N(Cc3ccc(C)cc3)c3ccc(Cl)cc32)c(OC)c1. The summed E-state index contributed by atoms with van der Waals surface area (Å²) in [6.07, 6.45) is -0.452. The second-order valence-electron chi connectivity index (χ2n) is 8.06. The fourth-order valence-corrected chi connectivity index (χ4v) is 4.26. The molecule has 1 aliphatic heterocycles. The first-order valence-corrected chi connectivity index (χ1v) is 10.8. The monoisotopic (exact) mass is 465 g/mol. The standard InChI is InChI=1S/C26H24ClNO5/c1-16-4-6-17(7-5-16)15-28-22-11-8-18(27)12-21(22)26(31,25(28)30)14-23(29)20-10-9-19(32-2)13-24(20)33-3/h4-13,31H,14-15H2,1-3H3/t26-/m1/s1. The number of benzene rings is 3. The van der Waals surface area contributed by atoms with Crippen molar-refractivity contribution in [3.63, 3.8) is 0 Å². The molecule has 0 bridgehead atoms. The average Bonchev–Trinajstić information content (AvgIpc) is 3.01. The quantitative estimate of drug-likeness (QED) is 0.513. The van der Waals surface area contributed by atoms with Gasteiger partial charge in [0.05, 0.1) is 38.4 Å². The fraction of sp³-hybridized carbons (Fsp3) is 0.231. The van der Waals surface area contributed by atoms with Crippen LogP contribution in [0.15, 0.2) is 60.7 Å². The van der Waals surface area contributed by atoms with Crippen LogP contribution in [0.2, 0.25) is 5.02 Å². The van der Waals surface area contributed by atoms with E-state index in [1.807, 2.05) is 31.2 Å². The summed E-state index contributed by atoms with van der Waals surface area (Å²) in [6.45, 7) is 2.25. The number of aliphatic hydroxyl groups is 1. The molecule has 33 heavy (non-hydrogen) atoms. The van der Waals surface area contributed by atoms with Crippen molar-refractivity contribution < 1.29 is 24.2 Å². The minimum atomic E-state index is -2.05. The van der Waals surface area contributed by atoms with Gasteiger partial charge in [0.25, 0.3) is 5.91 Å². The average molecular weight is 466 g/mol. The summed E-state index contributed by atoms with van der Waals surface area (Å²) in [4.78, 5) is 28.3. The van der Waals surface area contributed by atoms with E-state index >= 15 is 0 Å². The van der Waals surface area contributed by atoms with Crippen molar-refractivity contribution in [3.8, 4) is 11.5 Å². The Balaban J connectivity index is 1.70. The lowest BCUT2D eigenvalue weighted by Gasteiger charge is -2.23. The Morgan fingerprint density at radius 3 is 2.42 bits per heavy atom. The maximum atomic E-state index is 13.5. The molecule has 0 aromatic heterocycles. The lowest BCUT2D eigenvalue weighted by Crippen LogP contribution is -2.41. The molecular weight excluding hydrogens is 442 g/mol. The van der Waals surface area contributed by atoms with Crippen LogP contribution in [-0.2, 0) is 16.9 Å². The normalized spacial score (nSPS) is 17.1. The van der Waals surface area contributed by atoms with E-state index in [-0.39, 0.29) is 12.1 Å². The first kappa shape index (κ1) is 22.8. The Morgan fingerprint density at radius 1 is 1.03 bits per heavy atom. The van der Waals surface area contributed by atoms with Gasteiger partial charge in [-0.2, -0.15) is 0 Å². The predicted octanol–water partition coefficient (Wildman–Crippen LogP) is 4.67. The zero-order valence-electron chi connectivity index (χ0n) is 18.6. The Bertz CT molecular complexity index is 1220. The maximum absolute atomic E-state index is 13.5. The van der Waals surface area contributed by atoms with Crippen molar-refractivity contribution in [2.75, 3.05) is 19.1 Å². The molecular formula is C26H24ClNO5. The van der Waals surface area contributed by atoms with Gasteiger partial charge in [-0.15, -0.1) is 0 Å². The number of ether oxygens (including phenoxy) is 2. The lowest BCUT2D eigenvalue weighted by molar-refractivity contribution is -0.136. The molecule has 6 nitrogen and oxygen atoms in total. The van der Waals surface area contributed by atoms with Crippen LogP contribution in [0, 0.1) is 6.92 Å². The highest BCUT2D eigenvalue weighted by Gasteiger charge is 2.51. The number of aryl methyl sites for hydroxylation is 1. The smallest absolute Gasteiger partial charge is 0.264 e. The molecule has 1 aliphatic rings. The van der Waals surface area contributed by atoms with E-state index in [1.165, 1.54) is 19.1 Å². The number of ketones is 1. The molecule has 1 heterocycles. The van der Waals surface area contributed by atoms with Gasteiger partial charge in [-0.05, 0) is 42.8 Å². The van der Waals surface area contributed by atoms with Crippen LogP contribution < -0.4 is 14.4 Å². The van der Waals surface area contributed by atoms with E-state index in [2.05, 4.69) is 0 Å². The van der Waals surface area contributed by atoms with Crippen LogP contribution in [0.3, 0.4) is 0 Å². The minimum absolute atomic E-state index is 0.250. The van der Waals surface area contributed by atoms with Gasteiger partial charge < -0.3 is 19.5 Å². The molecule has 0 saturated carbocycles. The fourth-order valence-electron chi connectivity index (χ4n) is 4.08. The number of halogens is 1. The number of hydrogen-bond acceptors (Lipinski definition) is 5. The van der Waals surface area contributed by atoms with Crippen LogP contribution >= 0.6 is 11.6 Å². The lowest BCUT2D eigenvalue weighted by atomic mass is 9.88. The Labute approximate surface area is 197 Å². The first-order chi connectivity index (χ1) is 15.8. The number of carbonyl (C=O) groups is 2. The van der Waals surface area contributed by atoms with Crippen molar-refractivity contribution in [2.45, 2.75) is 25.5 Å². The zero-order valence-corrected chi connectivity index (χ0v) is 19.3. The highest BCUT2D eigenvalue weighted by Crippen LogP contribution is 2.45. The Kier molecular flexibility index (Phi) is 6.15. The van der Waals surface area contributed by atoms with Crippen LogP contribution in [0.5, 0.6) is 11.5 Å². The summed E-state index contributed by atoms with van der Waals surface area (Å²) < 4.78 is 10.5. The molecule has 0 radical (unpaired) electrons. The molecule has 1 N–H and O–H groups in total. The summed E-state index contributed by atoms with van der Waals surface area (Å²) >= 11 is 6.20. The van der Waals surface area contributed by atoms with Crippen molar-refractivity contribution in [1.82, 2.24) is 0 Å². The molecule has 0 saturated heterocycles. The molecule has 1 amide bonds. The van der Waals surface area contributed by atoms with Crippen molar-refractivity contribution >= 4 is 29.0 Å². The number of amides is 1. The van der Waals surface area contributed by atoms with E-state index in [4.69, 9.17) is 21.1 Å². The maximum Gasteiger partial charge on any atom is 0.264 e. The van der Waals surface area contributed by atoms with Gasteiger partial charge in [-0.25, -0.2) is 0 Å². The second-order valence-corrected chi connectivity index (χ2v) is 8.50. The zero-order chi connectivity index (χ0) is 23.8. The van der Waals surface area contributed by atoms with E-state index in [1.54, 1.807) is 36.4 Å². The van der Waals surface area contributed by atoms with Crippen LogP contribution in [0.4, 0.5) is 5.69 Å². The molecule has 4 rings (SSSR count). The minimum Gasteiger partial charge on any atom is -0.497 e. The molecule has 3 aromatic rings. The van der Waals surface area contributed by atoms with Gasteiger partial charge in [-0.1, -0.05) is 41.4 Å². The largest absolute Gasteiger partial charge is 0.497 e. The predicted molar refractivity (Wildman–Crippen MR) is 126 cm³/mol. The molecule has 3 aromatic carbocycles. The van der Waals surface area contributed by atoms with Crippen molar-refractivity contribution in [2.24, 2.45) is 0 Å². The Hall–Kier alpha value is -3.35. The summed E-state index contributed by atoms with van der Waals surface area (Å²) in [7, 11) is 2.96. The summed E-state index contributed by atoms with van der Waals surface area (Å²) in [5.74, 6) is -0.175. The number of rotatable bonds is 7. The van der Waals surface area contributed by atoms with Crippen LogP contribution in [0.1, 0.15) is 33.5 Å². The van der Waals surface area contributed by atoms with Crippen molar-refractivity contribution in [3.05, 3.63) is 87.9 Å². The van der Waals surface area contributed by atoms with Crippen LogP contribution in [0.25, 0.3) is 0 Å². The molecule has 7 heteroatoms.